The Morgan fingerprint density at radius 1 is 1.15 bits per heavy atom. The van der Waals surface area contributed by atoms with Gasteiger partial charge in [0.25, 0.3) is 0 Å². The molecule has 0 fully saturated rings. The summed E-state index contributed by atoms with van der Waals surface area (Å²) < 4.78 is 3.38. The Bertz CT molecular complexity index is 845. The molecule has 0 bridgehead atoms. The Balaban J connectivity index is 2.30. The Labute approximate surface area is 116 Å². The van der Waals surface area contributed by atoms with Crippen LogP contribution in [0.25, 0.3) is 11.3 Å². The monoisotopic (exact) mass is 268 g/mol. The van der Waals surface area contributed by atoms with Crippen molar-refractivity contribution in [3.05, 3.63) is 57.9 Å². The third kappa shape index (κ3) is 1.74. The number of hydrogen-bond acceptors (Lipinski definition) is 3. The van der Waals surface area contributed by atoms with Gasteiger partial charge in [0.05, 0.1) is 5.69 Å². The number of hydrogen-bond donors (Lipinski definition) is 0. The molecule has 0 aliphatic heterocycles. The third-order valence-electron chi connectivity index (χ3n) is 3.69. The van der Waals surface area contributed by atoms with Gasteiger partial charge in [-0.1, -0.05) is 19.1 Å². The highest BCUT2D eigenvalue weighted by Crippen LogP contribution is 2.16. The summed E-state index contributed by atoms with van der Waals surface area (Å²) in [6, 6.07) is 5.93. The highest BCUT2D eigenvalue weighted by molar-refractivity contribution is 5.47. The minimum atomic E-state index is -0.145. The maximum absolute atomic E-state index is 12.6. The van der Waals surface area contributed by atoms with E-state index >= 15 is 0 Å². The van der Waals surface area contributed by atoms with E-state index in [1.165, 1.54) is 0 Å². The van der Waals surface area contributed by atoms with E-state index in [1.54, 1.807) is 15.2 Å². The maximum Gasteiger partial charge on any atom is 0.300 e. The summed E-state index contributed by atoms with van der Waals surface area (Å²) in [4.78, 5) is 12.6. The van der Waals surface area contributed by atoms with E-state index in [-0.39, 0.29) is 5.56 Å². The van der Waals surface area contributed by atoms with Crippen LogP contribution in [0.3, 0.4) is 0 Å². The summed E-state index contributed by atoms with van der Waals surface area (Å²) in [6.45, 7) is 6.05. The number of nitrogens with zero attached hydrogens (tertiary/aromatic N) is 4. The first-order valence-corrected chi connectivity index (χ1v) is 6.65. The van der Waals surface area contributed by atoms with Gasteiger partial charge in [0.1, 0.15) is 5.82 Å². The molecule has 0 saturated heterocycles. The van der Waals surface area contributed by atoms with Crippen molar-refractivity contribution in [2.24, 2.45) is 0 Å². The molecule has 0 radical (unpaired) electrons. The Kier molecular flexibility index (Phi) is 2.89. The molecule has 0 N–H and O–H groups in total. The topological polar surface area (TPSA) is 52.2 Å². The van der Waals surface area contributed by atoms with Gasteiger partial charge in [0, 0.05) is 18.8 Å². The fourth-order valence-corrected chi connectivity index (χ4v) is 2.36. The Morgan fingerprint density at radius 3 is 2.70 bits per heavy atom. The molecular weight excluding hydrogens is 252 g/mol. The first-order valence-electron chi connectivity index (χ1n) is 6.65. The van der Waals surface area contributed by atoms with Crippen molar-refractivity contribution in [2.45, 2.75) is 27.2 Å². The molecule has 5 heteroatoms. The summed E-state index contributed by atoms with van der Waals surface area (Å²) in [6.07, 6.45) is 4.37. The van der Waals surface area contributed by atoms with Crippen LogP contribution in [-0.4, -0.2) is 19.2 Å². The van der Waals surface area contributed by atoms with Crippen LogP contribution in [-0.2, 0) is 6.42 Å². The molecule has 20 heavy (non-hydrogen) atoms. The standard InChI is InChI=1S/C15H16N4O/c1-4-13-16-17-14-15(20)18(8-9-19(13)14)12-7-5-6-10(2)11(12)3/h5-9H,4H2,1-3H3. The second-order valence-corrected chi connectivity index (χ2v) is 4.86. The van der Waals surface area contributed by atoms with Crippen LogP contribution in [0.2, 0.25) is 0 Å². The van der Waals surface area contributed by atoms with Gasteiger partial charge >= 0.3 is 5.56 Å². The molecule has 3 rings (SSSR count). The van der Waals surface area contributed by atoms with E-state index < -0.39 is 0 Å². The largest absolute Gasteiger partial charge is 0.300 e. The van der Waals surface area contributed by atoms with Crippen molar-refractivity contribution >= 4 is 5.65 Å². The Hall–Kier alpha value is -2.43. The van der Waals surface area contributed by atoms with Crippen molar-refractivity contribution in [1.82, 2.24) is 19.2 Å². The van der Waals surface area contributed by atoms with Gasteiger partial charge in [0.15, 0.2) is 0 Å². The fraction of sp³-hybridized carbons (Fsp3) is 0.267. The van der Waals surface area contributed by atoms with Crippen molar-refractivity contribution in [3.63, 3.8) is 0 Å². The molecule has 0 amide bonds. The van der Waals surface area contributed by atoms with E-state index in [2.05, 4.69) is 10.2 Å². The van der Waals surface area contributed by atoms with E-state index in [0.717, 1.165) is 29.1 Å². The van der Waals surface area contributed by atoms with Gasteiger partial charge in [-0.2, -0.15) is 0 Å². The minimum absolute atomic E-state index is 0.145. The lowest BCUT2D eigenvalue weighted by molar-refractivity contribution is 0.888. The zero-order chi connectivity index (χ0) is 14.3. The molecule has 0 saturated carbocycles. The molecule has 0 aliphatic rings. The first-order chi connectivity index (χ1) is 9.63. The normalized spacial score (nSPS) is 11.2. The third-order valence-corrected chi connectivity index (χ3v) is 3.69. The summed E-state index contributed by atoms with van der Waals surface area (Å²) in [7, 11) is 0. The average Bonchev–Trinajstić information content (AvgIpc) is 2.87. The molecular formula is C15H16N4O. The summed E-state index contributed by atoms with van der Waals surface area (Å²) in [5.41, 5.74) is 3.36. The first kappa shape index (κ1) is 12.6. The van der Waals surface area contributed by atoms with E-state index in [9.17, 15) is 4.79 Å². The molecule has 2 heterocycles. The zero-order valence-electron chi connectivity index (χ0n) is 11.8. The number of rotatable bonds is 2. The summed E-state index contributed by atoms with van der Waals surface area (Å²) in [5, 5.41) is 8.06. The van der Waals surface area contributed by atoms with Crippen LogP contribution in [0.1, 0.15) is 23.9 Å². The van der Waals surface area contributed by atoms with Crippen LogP contribution in [0.5, 0.6) is 0 Å². The van der Waals surface area contributed by atoms with E-state index in [4.69, 9.17) is 0 Å². The fourth-order valence-electron chi connectivity index (χ4n) is 2.36. The smallest absolute Gasteiger partial charge is 0.280 e. The van der Waals surface area contributed by atoms with Crippen LogP contribution in [0, 0.1) is 13.8 Å². The predicted octanol–water partition coefficient (Wildman–Crippen LogP) is 2.06. The zero-order valence-corrected chi connectivity index (χ0v) is 11.8. The summed E-state index contributed by atoms with van der Waals surface area (Å²) in [5.74, 6) is 0.796. The second-order valence-electron chi connectivity index (χ2n) is 4.86. The van der Waals surface area contributed by atoms with Crippen LogP contribution >= 0.6 is 0 Å². The maximum atomic E-state index is 12.6. The predicted molar refractivity (Wildman–Crippen MR) is 77.4 cm³/mol. The number of benzene rings is 1. The van der Waals surface area contributed by atoms with Crippen molar-refractivity contribution in [2.75, 3.05) is 0 Å². The molecule has 3 aromatic rings. The average molecular weight is 268 g/mol. The lowest BCUT2D eigenvalue weighted by atomic mass is 10.1. The highest BCUT2D eigenvalue weighted by atomic mass is 16.1. The van der Waals surface area contributed by atoms with Crippen LogP contribution < -0.4 is 5.56 Å². The SMILES string of the molecule is CCc1nnc2c(=O)n(-c3cccc(C)c3C)ccn12. The van der Waals surface area contributed by atoms with Crippen molar-refractivity contribution in [3.8, 4) is 5.69 Å². The second kappa shape index (κ2) is 4.59. The Morgan fingerprint density at radius 2 is 1.95 bits per heavy atom. The lowest BCUT2D eigenvalue weighted by Gasteiger charge is -2.11. The van der Waals surface area contributed by atoms with Gasteiger partial charge in [-0.25, -0.2) is 0 Å². The molecule has 0 spiro atoms. The van der Waals surface area contributed by atoms with Crippen LogP contribution in [0.15, 0.2) is 35.4 Å². The van der Waals surface area contributed by atoms with E-state index in [1.807, 2.05) is 45.2 Å². The number of aromatic nitrogens is 4. The van der Waals surface area contributed by atoms with Crippen LogP contribution in [0.4, 0.5) is 0 Å². The van der Waals surface area contributed by atoms with Gasteiger partial charge in [-0.15, -0.1) is 10.2 Å². The van der Waals surface area contributed by atoms with Gasteiger partial charge in [-0.05, 0) is 31.0 Å². The van der Waals surface area contributed by atoms with Gasteiger partial charge < -0.3 is 0 Å². The number of aryl methyl sites for hydroxylation is 2. The molecule has 5 nitrogen and oxygen atoms in total. The van der Waals surface area contributed by atoms with E-state index in [0.29, 0.717) is 5.65 Å². The molecule has 0 atom stereocenters. The molecule has 0 aliphatic carbocycles. The number of fused-ring (bicyclic) bond motifs is 1. The lowest BCUT2D eigenvalue weighted by Crippen LogP contribution is -2.21. The summed E-state index contributed by atoms with van der Waals surface area (Å²) >= 11 is 0. The molecule has 102 valence electrons. The van der Waals surface area contributed by atoms with Crippen molar-refractivity contribution in [1.29, 1.82) is 0 Å². The molecule has 1 aromatic carbocycles. The minimum Gasteiger partial charge on any atom is -0.280 e. The molecule has 2 aromatic heterocycles. The van der Waals surface area contributed by atoms with Gasteiger partial charge in [-0.3, -0.25) is 13.8 Å². The van der Waals surface area contributed by atoms with Gasteiger partial charge in [0.2, 0.25) is 5.65 Å². The quantitative estimate of drug-likeness (QED) is 0.715. The van der Waals surface area contributed by atoms with Crippen molar-refractivity contribution < 1.29 is 0 Å². The molecule has 0 unspecified atom stereocenters. The highest BCUT2D eigenvalue weighted by Gasteiger charge is 2.11.